The predicted molar refractivity (Wildman–Crippen MR) is 111 cm³/mol. The standard InChI is InChI=1S/C17H23IN4O2S/c1-20(9-5-12-3-7-19-8-4-12)16(23)14-11-21(2)17(24)15-13(14)6-10-22(15)25-18/h6,10-12,19H,3-5,7-9H2,1-2H3. The van der Waals surface area contributed by atoms with E-state index in [4.69, 9.17) is 0 Å². The van der Waals surface area contributed by atoms with Gasteiger partial charge in [-0.2, -0.15) is 0 Å². The van der Waals surface area contributed by atoms with Crippen LogP contribution in [0.25, 0.3) is 10.9 Å². The van der Waals surface area contributed by atoms with E-state index in [1.165, 1.54) is 26.5 Å². The van der Waals surface area contributed by atoms with Crippen molar-refractivity contribution in [2.75, 3.05) is 26.7 Å². The zero-order valence-corrected chi connectivity index (χ0v) is 17.5. The molecule has 6 nitrogen and oxygen atoms in total. The molecule has 136 valence electrons. The normalized spacial score (nSPS) is 15.6. The van der Waals surface area contributed by atoms with Crippen molar-refractivity contribution in [3.63, 3.8) is 0 Å². The Morgan fingerprint density at radius 3 is 2.84 bits per heavy atom. The van der Waals surface area contributed by atoms with E-state index < -0.39 is 0 Å². The summed E-state index contributed by atoms with van der Waals surface area (Å²) in [5.74, 6) is 0.666. The van der Waals surface area contributed by atoms with Crippen LogP contribution in [-0.2, 0) is 7.05 Å². The Hall–Kier alpha value is -1.00. The number of carbonyl (C=O) groups excluding carboxylic acids is 1. The zero-order chi connectivity index (χ0) is 18.0. The number of amides is 1. The molecule has 1 amide bonds. The number of aromatic nitrogens is 2. The number of hydrogen-bond acceptors (Lipinski definition) is 4. The molecule has 0 aliphatic carbocycles. The minimum absolute atomic E-state index is 0.0225. The number of nitrogens with zero attached hydrogens (tertiary/aromatic N) is 3. The number of fused-ring (bicyclic) bond motifs is 1. The molecule has 0 atom stereocenters. The summed E-state index contributed by atoms with van der Waals surface area (Å²) in [6.07, 6.45) is 6.90. The Labute approximate surface area is 163 Å². The summed E-state index contributed by atoms with van der Waals surface area (Å²) in [7, 11) is 4.98. The molecule has 1 fully saturated rings. The summed E-state index contributed by atoms with van der Waals surface area (Å²) in [6.45, 7) is 2.89. The molecule has 0 spiro atoms. The molecular formula is C17H23IN4O2S. The number of pyridine rings is 1. The molecule has 3 heterocycles. The van der Waals surface area contributed by atoms with Gasteiger partial charge >= 0.3 is 0 Å². The smallest absolute Gasteiger partial charge is 0.275 e. The van der Waals surface area contributed by atoms with Crippen molar-refractivity contribution < 1.29 is 4.79 Å². The van der Waals surface area contributed by atoms with Crippen molar-refractivity contribution in [1.29, 1.82) is 0 Å². The van der Waals surface area contributed by atoms with Gasteiger partial charge in [0.05, 0.1) is 5.56 Å². The van der Waals surface area contributed by atoms with E-state index in [1.54, 1.807) is 18.1 Å². The topological polar surface area (TPSA) is 59.3 Å². The number of rotatable bonds is 5. The maximum atomic E-state index is 13.0. The van der Waals surface area contributed by atoms with Crippen LogP contribution in [-0.4, -0.2) is 46.0 Å². The monoisotopic (exact) mass is 474 g/mol. The first-order valence-corrected chi connectivity index (χ1v) is 11.8. The van der Waals surface area contributed by atoms with Crippen LogP contribution in [0.3, 0.4) is 0 Å². The van der Waals surface area contributed by atoms with Gasteiger partial charge in [-0.15, -0.1) is 0 Å². The number of aryl methyl sites for hydroxylation is 1. The maximum Gasteiger partial charge on any atom is 0.275 e. The number of piperidine rings is 1. The van der Waals surface area contributed by atoms with Crippen LogP contribution in [0.2, 0.25) is 0 Å². The second-order valence-electron chi connectivity index (χ2n) is 6.64. The summed E-state index contributed by atoms with van der Waals surface area (Å²) in [5.41, 5.74) is 1.08. The molecule has 0 radical (unpaired) electrons. The third-order valence-corrected chi connectivity index (χ3v) is 6.70. The molecule has 0 unspecified atom stereocenters. The highest BCUT2D eigenvalue weighted by Crippen LogP contribution is 2.25. The van der Waals surface area contributed by atoms with Crippen LogP contribution in [0.5, 0.6) is 0 Å². The van der Waals surface area contributed by atoms with Crippen LogP contribution in [0, 0.1) is 5.92 Å². The summed E-state index contributed by atoms with van der Waals surface area (Å²) >= 11 is 2.14. The maximum absolute atomic E-state index is 13.0. The van der Waals surface area contributed by atoms with E-state index >= 15 is 0 Å². The van der Waals surface area contributed by atoms with Gasteiger partial charge in [0, 0.05) is 68.7 Å². The Balaban J connectivity index is 1.82. The van der Waals surface area contributed by atoms with Crippen molar-refractivity contribution in [3.8, 4) is 0 Å². The lowest BCUT2D eigenvalue weighted by Crippen LogP contribution is -2.33. The van der Waals surface area contributed by atoms with Gasteiger partial charge in [0.25, 0.3) is 11.5 Å². The minimum atomic E-state index is -0.0851. The quantitative estimate of drug-likeness (QED) is 0.678. The highest BCUT2D eigenvalue weighted by atomic mass is 127. The Morgan fingerprint density at radius 1 is 1.44 bits per heavy atom. The van der Waals surface area contributed by atoms with Crippen molar-refractivity contribution in [1.82, 2.24) is 18.8 Å². The largest absolute Gasteiger partial charge is 0.342 e. The number of carbonyl (C=O) groups is 1. The van der Waals surface area contributed by atoms with Gasteiger partial charge < -0.3 is 14.8 Å². The van der Waals surface area contributed by atoms with Crippen LogP contribution < -0.4 is 10.9 Å². The fourth-order valence-corrected chi connectivity index (χ4v) is 4.75. The lowest BCUT2D eigenvalue weighted by molar-refractivity contribution is 0.0785. The van der Waals surface area contributed by atoms with Crippen molar-refractivity contribution >= 4 is 47.1 Å². The van der Waals surface area contributed by atoms with Gasteiger partial charge in [0.1, 0.15) is 5.52 Å². The molecule has 1 aliphatic rings. The molecular weight excluding hydrogens is 451 g/mol. The fraction of sp³-hybridized carbons (Fsp3) is 0.529. The van der Waals surface area contributed by atoms with E-state index in [0.717, 1.165) is 31.4 Å². The molecule has 2 aromatic rings. The summed E-state index contributed by atoms with van der Waals surface area (Å²) in [4.78, 5) is 27.2. The van der Waals surface area contributed by atoms with Gasteiger partial charge in [0.15, 0.2) is 0 Å². The second-order valence-corrected chi connectivity index (χ2v) is 8.35. The van der Waals surface area contributed by atoms with Gasteiger partial charge in [-0.1, -0.05) is 0 Å². The second kappa shape index (κ2) is 8.13. The SMILES string of the molecule is CN(CCC1CCNCC1)C(=O)c1cn(C)c(=O)c2c1ccn2SI. The predicted octanol–water partition coefficient (Wildman–Crippen LogP) is 2.65. The average Bonchev–Trinajstić information content (AvgIpc) is 3.07. The van der Waals surface area contributed by atoms with Crippen LogP contribution >= 0.6 is 30.3 Å². The van der Waals surface area contributed by atoms with Crippen LogP contribution in [0.1, 0.15) is 29.6 Å². The first-order chi connectivity index (χ1) is 12.0. The van der Waals surface area contributed by atoms with Gasteiger partial charge in [-0.25, -0.2) is 0 Å². The summed E-state index contributed by atoms with van der Waals surface area (Å²) in [6, 6.07) is 1.86. The van der Waals surface area contributed by atoms with Gasteiger partial charge in [0.2, 0.25) is 0 Å². The van der Waals surface area contributed by atoms with Gasteiger partial charge in [-0.05, 0) is 44.3 Å². The molecule has 8 heteroatoms. The third kappa shape index (κ3) is 3.90. The number of nitrogens with one attached hydrogen (secondary N) is 1. The summed E-state index contributed by atoms with van der Waals surface area (Å²) in [5, 5.41) is 4.10. The Kier molecular flexibility index (Phi) is 6.11. The van der Waals surface area contributed by atoms with Crippen LogP contribution in [0.15, 0.2) is 23.3 Å². The van der Waals surface area contributed by atoms with E-state index in [1.807, 2.05) is 23.3 Å². The Morgan fingerprint density at radius 2 is 2.16 bits per heavy atom. The molecule has 0 aromatic carbocycles. The first kappa shape index (κ1) is 18.8. The molecule has 1 aliphatic heterocycles. The Bertz CT molecular complexity index is 826. The van der Waals surface area contributed by atoms with Gasteiger partial charge in [-0.3, -0.25) is 13.6 Å². The summed E-state index contributed by atoms with van der Waals surface area (Å²) < 4.78 is 3.31. The number of halogens is 1. The van der Waals surface area contributed by atoms with Crippen molar-refractivity contribution in [2.45, 2.75) is 19.3 Å². The molecule has 3 rings (SSSR count). The average molecular weight is 474 g/mol. The highest BCUT2D eigenvalue weighted by Gasteiger charge is 2.21. The molecule has 2 aromatic heterocycles. The van der Waals surface area contributed by atoms with E-state index in [9.17, 15) is 9.59 Å². The lowest BCUT2D eigenvalue weighted by Gasteiger charge is -2.25. The van der Waals surface area contributed by atoms with E-state index in [0.29, 0.717) is 17.0 Å². The van der Waals surface area contributed by atoms with E-state index in [2.05, 4.69) is 26.5 Å². The highest BCUT2D eigenvalue weighted by molar-refractivity contribution is 14.2. The van der Waals surface area contributed by atoms with Crippen LogP contribution in [0.4, 0.5) is 0 Å². The van der Waals surface area contributed by atoms with Crippen molar-refractivity contribution in [3.05, 3.63) is 34.4 Å². The number of hydrogen-bond donors (Lipinski definition) is 1. The molecule has 1 N–H and O–H groups in total. The lowest BCUT2D eigenvalue weighted by atomic mass is 9.94. The van der Waals surface area contributed by atoms with Crippen molar-refractivity contribution in [2.24, 2.45) is 13.0 Å². The zero-order valence-electron chi connectivity index (χ0n) is 14.5. The van der Waals surface area contributed by atoms with E-state index in [-0.39, 0.29) is 11.5 Å². The molecule has 25 heavy (non-hydrogen) atoms. The third-order valence-electron chi connectivity index (χ3n) is 4.97. The molecule has 1 saturated heterocycles. The minimum Gasteiger partial charge on any atom is -0.342 e. The molecule has 0 bridgehead atoms. The fourth-order valence-electron chi connectivity index (χ4n) is 3.41. The molecule has 0 saturated carbocycles. The first-order valence-electron chi connectivity index (χ1n) is 8.49.